The van der Waals surface area contributed by atoms with E-state index in [1.807, 2.05) is 13.8 Å². The summed E-state index contributed by atoms with van der Waals surface area (Å²) in [6, 6.07) is 3.36. The lowest BCUT2D eigenvalue weighted by molar-refractivity contribution is -0.131. The zero-order chi connectivity index (χ0) is 18.6. The highest BCUT2D eigenvalue weighted by atomic mass is 35.5. The zero-order valence-corrected chi connectivity index (χ0v) is 15.7. The molecule has 0 unspecified atom stereocenters. The average Bonchev–Trinajstić information content (AvgIpc) is 2.56. The van der Waals surface area contributed by atoms with Crippen LogP contribution in [-0.2, 0) is 9.59 Å². The second-order valence-corrected chi connectivity index (χ2v) is 7.71. The SMILES string of the molecule is CC1CCC(C(=O)N[C@@H](C(=O)Nc2ccc(F)c(Cl)c2)C(C)C)CC1. The van der Waals surface area contributed by atoms with Crippen molar-refractivity contribution < 1.29 is 14.0 Å². The number of anilines is 1. The number of hydrogen-bond donors (Lipinski definition) is 2. The first kappa shape index (κ1) is 19.7. The molecule has 0 bridgehead atoms. The summed E-state index contributed by atoms with van der Waals surface area (Å²) in [5.41, 5.74) is 0.405. The van der Waals surface area contributed by atoms with Gasteiger partial charge in [0.2, 0.25) is 11.8 Å². The smallest absolute Gasteiger partial charge is 0.247 e. The molecule has 1 aliphatic carbocycles. The Kier molecular flexibility index (Phi) is 6.82. The molecule has 2 rings (SSSR count). The molecule has 2 amide bonds. The highest BCUT2D eigenvalue weighted by Crippen LogP contribution is 2.28. The molecular weight excluding hydrogens is 343 g/mol. The van der Waals surface area contributed by atoms with Crippen molar-refractivity contribution in [3.05, 3.63) is 29.0 Å². The van der Waals surface area contributed by atoms with Gasteiger partial charge in [-0.3, -0.25) is 9.59 Å². The van der Waals surface area contributed by atoms with Crippen LogP contribution in [0.5, 0.6) is 0 Å². The predicted molar refractivity (Wildman–Crippen MR) is 97.9 cm³/mol. The van der Waals surface area contributed by atoms with E-state index in [-0.39, 0.29) is 28.7 Å². The molecule has 0 aliphatic heterocycles. The van der Waals surface area contributed by atoms with E-state index in [1.165, 1.54) is 18.2 Å². The molecule has 0 radical (unpaired) electrons. The molecule has 0 aromatic heterocycles. The average molecular weight is 369 g/mol. The van der Waals surface area contributed by atoms with Crippen LogP contribution in [0.4, 0.5) is 10.1 Å². The Hall–Kier alpha value is -1.62. The molecule has 2 N–H and O–H groups in total. The van der Waals surface area contributed by atoms with Crippen molar-refractivity contribution >= 4 is 29.1 Å². The fraction of sp³-hybridized carbons (Fsp3) is 0.579. The van der Waals surface area contributed by atoms with E-state index in [0.717, 1.165) is 25.7 Å². The molecule has 4 nitrogen and oxygen atoms in total. The van der Waals surface area contributed by atoms with Crippen LogP contribution in [0.2, 0.25) is 5.02 Å². The molecule has 0 spiro atoms. The minimum Gasteiger partial charge on any atom is -0.344 e. The van der Waals surface area contributed by atoms with Crippen LogP contribution in [0, 0.1) is 23.6 Å². The van der Waals surface area contributed by atoms with Crippen LogP contribution >= 0.6 is 11.6 Å². The number of hydrogen-bond acceptors (Lipinski definition) is 2. The summed E-state index contributed by atoms with van der Waals surface area (Å²) in [5.74, 6) is -0.350. The van der Waals surface area contributed by atoms with Gasteiger partial charge in [-0.25, -0.2) is 4.39 Å². The van der Waals surface area contributed by atoms with E-state index >= 15 is 0 Å². The summed E-state index contributed by atoms with van der Waals surface area (Å²) in [6.07, 6.45) is 3.83. The van der Waals surface area contributed by atoms with Crippen LogP contribution in [-0.4, -0.2) is 17.9 Å². The van der Waals surface area contributed by atoms with Gasteiger partial charge in [-0.2, -0.15) is 0 Å². The standard InChI is InChI=1S/C19H26ClFN2O2/c1-11(2)17(23-18(24)13-6-4-12(3)5-7-13)19(25)22-14-8-9-16(21)15(20)10-14/h8-13,17H,4-7H2,1-3H3,(H,22,25)(H,23,24)/t12?,13?,17-/m1/s1. The van der Waals surface area contributed by atoms with Crippen molar-refractivity contribution in [2.75, 3.05) is 5.32 Å². The van der Waals surface area contributed by atoms with Crippen LogP contribution in [0.15, 0.2) is 18.2 Å². The highest BCUT2D eigenvalue weighted by Gasteiger charge is 2.29. The van der Waals surface area contributed by atoms with E-state index in [1.54, 1.807) is 0 Å². The summed E-state index contributed by atoms with van der Waals surface area (Å²) in [4.78, 5) is 25.1. The second kappa shape index (κ2) is 8.65. The summed E-state index contributed by atoms with van der Waals surface area (Å²) in [7, 11) is 0. The fourth-order valence-electron chi connectivity index (χ4n) is 3.12. The van der Waals surface area contributed by atoms with Crippen molar-refractivity contribution in [2.45, 2.75) is 52.5 Å². The Morgan fingerprint density at radius 3 is 2.40 bits per heavy atom. The highest BCUT2D eigenvalue weighted by molar-refractivity contribution is 6.31. The first-order valence-corrected chi connectivity index (χ1v) is 9.22. The van der Waals surface area contributed by atoms with Crippen molar-refractivity contribution in [3.63, 3.8) is 0 Å². The molecule has 1 aromatic rings. The third-order valence-corrected chi connectivity index (χ3v) is 5.11. The number of carbonyl (C=O) groups is 2. The summed E-state index contributed by atoms with van der Waals surface area (Å²) < 4.78 is 13.2. The van der Waals surface area contributed by atoms with Crippen LogP contribution in [0.25, 0.3) is 0 Å². The molecule has 1 fully saturated rings. The minimum atomic E-state index is -0.643. The van der Waals surface area contributed by atoms with E-state index in [9.17, 15) is 14.0 Å². The molecule has 1 saturated carbocycles. The van der Waals surface area contributed by atoms with Gasteiger partial charge >= 0.3 is 0 Å². The molecular formula is C19H26ClFN2O2. The molecule has 1 aromatic carbocycles. The minimum absolute atomic E-state index is 0.0227. The van der Waals surface area contributed by atoms with Gasteiger partial charge in [0, 0.05) is 11.6 Å². The Morgan fingerprint density at radius 2 is 1.84 bits per heavy atom. The first-order valence-electron chi connectivity index (χ1n) is 8.84. The van der Waals surface area contributed by atoms with Gasteiger partial charge in [-0.15, -0.1) is 0 Å². The summed E-state index contributed by atoms with van der Waals surface area (Å²) >= 11 is 5.74. The van der Waals surface area contributed by atoms with Gasteiger partial charge < -0.3 is 10.6 Å². The molecule has 0 heterocycles. The number of nitrogens with one attached hydrogen (secondary N) is 2. The van der Waals surface area contributed by atoms with E-state index in [2.05, 4.69) is 17.6 Å². The third-order valence-electron chi connectivity index (χ3n) is 4.82. The number of halogens is 2. The van der Waals surface area contributed by atoms with Crippen LogP contribution < -0.4 is 10.6 Å². The Labute approximate surface area is 153 Å². The molecule has 0 saturated heterocycles. The lowest BCUT2D eigenvalue weighted by atomic mass is 9.82. The van der Waals surface area contributed by atoms with E-state index in [0.29, 0.717) is 11.6 Å². The summed E-state index contributed by atoms with van der Waals surface area (Å²) in [6.45, 7) is 5.96. The van der Waals surface area contributed by atoms with Gasteiger partial charge in [-0.05, 0) is 55.7 Å². The Bertz CT molecular complexity index is 628. The van der Waals surface area contributed by atoms with Gasteiger partial charge in [0.05, 0.1) is 5.02 Å². The van der Waals surface area contributed by atoms with E-state index < -0.39 is 11.9 Å². The molecule has 1 atom stereocenters. The predicted octanol–water partition coefficient (Wildman–Crippen LogP) is 4.38. The molecule has 6 heteroatoms. The third kappa shape index (κ3) is 5.43. The monoisotopic (exact) mass is 368 g/mol. The van der Waals surface area contributed by atoms with E-state index in [4.69, 9.17) is 11.6 Å². The van der Waals surface area contributed by atoms with Crippen LogP contribution in [0.1, 0.15) is 46.5 Å². The largest absolute Gasteiger partial charge is 0.344 e. The lowest BCUT2D eigenvalue weighted by Gasteiger charge is -2.28. The van der Waals surface area contributed by atoms with Crippen molar-refractivity contribution in [1.29, 1.82) is 0 Å². The van der Waals surface area contributed by atoms with Gasteiger partial charge in [0.1, 0.15) is 11.9 Å². The topological polar surface area (TPSA) is 58.2 Å². The summed E-state index contributed by atoms with van der Waals surface area (Å²) in [5, 5.41) is 5.53. The fourth-order valence-corrected chi connectivity index (χ4v) is 3.30. The normalized spacial score (nSPS) is 21.7. The maximum atomic E-state index is 13.2. The first-order chi connectivity index (χ1) is 11.8. The van der Waals surface area contributed by atoms with Crippen molar-refractivity contribution in [2.24, 2.45) is 17.8 Å². The molecule has 25 heavy (non-hydrogen) atoms. The zero-order valence-electron chi connectivity index (χ0n) is 14.9. The van der Waals surface area contributed by atoms with Gasteiger partial charge in [0.15, 0.2) is 0 Å². The number of amides is 2. The Balaban J connectivity index is 2.00. The number of benzene rings is 1. The quantitative estimate of drug-likeness (QED) is 0.810. The second-order valence-electron chi connectivity index (χ2n) is 7.31. The maximum Gasteiger partial charge on any atom is 0.247 e. The van der Waals surface area contributed by atoms with Crippen molar-refractivity contribution in [3.8, 4) is 0 Å². The van der Waals surface area contributed by atoms with Gasteiger partial charge in [0.25, 0.3) is 0 Å². The number of carbonyl (C=O) groups excluding carboxylic acids is 2. The maximum absolute atomic E-state index is 13.2. The molecule has 1 aliphatic rings. The Morgan fingerprint density at radius 1 is 1.20 bits per heavy atom. The van der Waals surface area contributed by atoms with Crippen LogP contribution in [0.3, 0.4) is 0 Å². The van der Waals surface area contributed by atoms with Gasteiger partial charge in [-0.1, -0.05) is 32.4 Å². The lowest BCUT2D eigenvalue weighted by Crippen LogP contribution is -2.49. The van der Waals surface area contributed by atoms with Crippen molar-refractivity contribution in [1.82, 2.24) is 5.32 Å². The molecule has 138 valence electrons. The number of rotatable bonds is 5.